The number of amides is 1. The van der Waals surface area contributed by atoms with Gasteiger partial charge in [-0.2, -0.15) is 13.2 Å². The van der Waals surface area contributed by atoms with E-state index in [0.29, 0.717) is 37.5 Å². The van der Waals surface area contributed by atoms with E-state index in [-0.39, 0.29) is 30.7 Å². The van der Waals surface area contributed by atoms with Gasteiger partial charge in [-0.3, -0.25) is 9.69 Å². The highest BCUT2D eigenvalue weighted by molar-refractivity contribution is 5.82. The molecule has 3 aromatic rings. The third kappa shape index (κ3) is 5.05. The van der Waals surface area contributed by atoms with Crippen molar-refractivity contribution in [3.63, 3.8) is 0 Å². The van der Waals surface area contributed by atoms with Crippen molar-refractivity contribution in [3.8, 4) is 0 Å². The number of nitrogens with zero attached hydrogens (tertiary/aromatic N) is 2. The van der Waals surface area contributed by atoms with Crippen molar-refractivity contribution in [1.82, 2.24) is 10.2 Å². The van der Waals surface area contributed by atoms with Gasteiger partial charge in [-0.05, 0) is 60.0 Å². The molecule has 1 saturated heterocycles. The van der Waals surface area contributed by atoms with Gasteiger partial charge in [-0.25, -0.2) is 4.39 Å². The first-order chi connectivity index (χ1) is 16.8. The van der Waals surface area contributed by atoms with Crippen molar-refractivity contribution >= 4 is 11.6 Å². The molecule has 5 nitrogen and oxygen atoms in total. The van der Waals surface area contributed by atoms with E-state index in [2.05, 4.69) is 15.1 Å². The van der Waals surface area contributed by atoms with Crippen molar-refractivity contribution in [2.45, 2.75) is 31.7 Å². The van der Waals surface area contributed by atoms with E-state index < -0.39 is 17.7 Å². The van der Waals surface area contributed by atoms with E-state index in [1.54, 1.807) is 24.3 Å². The first-order valence-electron chi connectivity index (χ1n) is 11.5. The molecule has 2 aromatic carbocycles. The van der Waals surface area contributed by atoms with Gasteiger partial charge in [0.2, 0.25) is 5.91 Å². The molecule has 1 aromatic heterocycles. The van der Waals surface area contributed by atoms with Gasteiger partial charge in [0.05, 0.1) is 30.3 Å². The summed E-state index contributed by atoms with van der Waals surface area (Å²) in [4.78, 5) is 17.6. The minimum absolute atomic E-state index is 0.204. The third-order valence-electron chi connectivity index (χ3n) is 6.80. The Balaban J connectivity index is 1.40. The molecule has 3 heterocycles. The molecule has 2 atom stereocenters. The molecular weight excluding hydrogens is 462 g/mol. The fourth-order valence-electron chi connectivity index (χ4n) is 5.07. The topological polar surface area (TPSA) is 48.7 Å². The molecule has 1 amide bonds. The highest BCUT2D eigenvalue weighted by atomic mass is 19.4. The molecule has 184 valence electrons. The van der Waals surface area contributed by atoms with Crippen molar-refractivity contribution < 1.29 is 26.8 Å². The van der Waals surface area contributed by atoms with Crippen molar-refractivity contribution in [2.24, 2.45) is 5.92 Å². The van der Waals surface area contributed by atoms with Gasteiger partial charge in [0, 0.05) is 31.9 Å². The normalized spacial score (nSPS) is 20.3. The van der Waals surface area contributed by atoms with Crippen LogP contribution in [0, 0.1) is 11.7 Å². The van der Waals surface area contributed by atoms with Crippen LogP contribution in [0.3, 0.4) is 0 Å². The minimum Gasteiger partial charge on any atom is -0.467 e. The van der Waals surface area contributed by atoms with E-state index in [0.717, 1.165) is 17.3 Å². The lowest BCUT2D eigenvalue weighted by Gasteiger charge is -2.49. The molecule has 1 N–H and O–H groups in total. The Morgan fingerprint density at radius 1 is 1.09 bits per heavy atom. The van der Waals surface area contributed by atoms with E-state index in [9.17, 15) is 22.4 Å². The minimum atomic E-state index is -4.45. The molecule has 9 heteroatoms. The van der Waals surface area contributed by atoms with E-state index in [4.69, 9.17) is 4.42 Å². The summed E-state index contributed by atoms with van der Waals surface area (Å²) in [5.74, 6) is -0.443. The molecule has 0 bridgehead atoms. The van der Waals surface area contributed by atoms with Crippen LogP contribution in [0.4, 0.5) is 23.2 Å². The molecule has 0 spiro atoms. The fraction of sp³-hybridized carbons (Fsp3) is 0.346. The second kappa shape index (κ2) is 9.37. The summed E-state index contributed by atoms with van der Waals surface area (Å²) in [6.45, 7) is 2.63. The summed E-state index contributed by atoms with van der Waals surface area (Å²) < 4.78 is 58.7. The molecule has 1 fully saturated rings. The number of alkyl halides is 3. The van der Waals surface area contributed by atoms with Crippen LogP contribution < -0.4 is 10.2 Å². The number of benzene rings is 2. The van der Waals surface area contributed by atoms with Gasteiger partial charge < -0.3 is 14.6 Å². The van der Waals surface area contributed by atoms with E-state index in [1.807, 2.05) is 0 Å². The Hall–Kier alpha value is -3.33. The number of anilines is 1. The Morgan fingerprint density at radius 3 is 2.60 bits per heavy atom. The van der Waals surface area contributed by atoms with Crippen LogP contribution in [0.25, 0.3) is 0 Å². The number of furan rings is 1. The molecule has 2 aliphatic rings. The van der Waals surface area contributed by atoms with E-state index in [1.165, 1.54) is 30.5 Å². The zero-order valence-electron chi connectivity index (χ0n) is 18.9. The number of carbonyl (C=O) groups excluding carboxylic acids is 1. The Labute approximate surface area is 200 Å². The summed E-state index contributed by atoms with van der Waals surface area (Å²) in [7, 11) is 0. The summed E-state index contributed by atoms with van der Waals surface area (Å²) in [6.07, 6.45) is -2.71. The zero-order valence-corrected chi connectivity index (χ0v) is 18.9. The van der Waals surface area contributed by atoms with Crippen LogP contribution in [0.15, 0.2) is 65.3 Å². The fourth-order valence-corrected chi connectivity index (χ4v) is 5.07. The van der Waals surface area contributed by atoms with Gasteiger partial charge in [0.25, 0.3) is 0 Å². The molecule has 5 rings (SSSR count). The summed E-state index contributed by atoms with van der Waals surface area (Å²) in [6, 6.07) is 13.4. The third-order valence-corrected chi connectivity index (χ3v) is 6.80. The average molecular weight is 487 g/mol. The number of piperazine rings is 1. The summed E-state index contributed by atoms with van der Waals surface area (Å²) in [5.41, 5.74) is 1.53. The van der Waals surface area contributed by atoms with Crippen molar-refractivity contribution in [2.75, 3.05) is 24.5 Å². The second-order valence-corrected chi connectivity index (χ2v) is 9.07. The van der Waals surface area contributed by atoms with Crippen molar-refractivity contribution in [3.05, 3.63) is 89.1 Å². The van der Waals surface area contributed by atoms with Crippen molar-refractivity contribution in [1.29, 1.82) is 0 Å². The van der Waals surface area contributed by atoms with E-state index >= 15 is 0 Å². The maximum Gasteiger partial charge on any atom is 0.416 e. The predicted molar refractivity (Wildman–Crippen MR) is 122 cm³/mol. The quantitative estimate of drug-likeness (QED) is 0.534. The monoisotopic (exact) mass is 487 g/mol. The lowest BCUT2D eigenvalue weighted by atomic mass is 9.82. The molecule has 0 saturated carbocycles. The van der Waals surface area contributed by atoms with Crippen LogP contribution in [0.5, 0.6) is 0 Å². The number of fused-ring (bicyclic) bond motifs is 3. The maximum absolute atomic E-state index is 13.4. The molecular formula is C26H25F4N3O2. The van der Waals surface area contributed by atoms with Crippen LogP contribution in [-0.4, -0.2) is 36.5 Å². The number of rotatable bonds is 5. The molecule has 35 heavy (non-hydrogen) atoms. The largest absolute Gasteiger partial charge is 0.467 e. The Bertz CT molecular complexity index is 1180. The van der Waals surface area contributed by atoms with Gasteiger partial charge in [-0.1, -0.05) is 12.1 Å². The lowest BCUT2D eigenvalue weighted by Crippen LogP contribution is -2.60. The maximum atomic E-state index is 13.4. The standard InChI is InChI=1S/C26H25F4N3O2/c27-20-6-3-17(4-7-20)15-32-9-10-33-23-8-5-19(26(28,29)30)12-18(23)13-22(24(33)16-32)25(34)31-14-21-2-1-11-35-21/h1-8,11-12,22,24H,9-10,13-16H2,(H,31,34)/t22-,24+/m0/s1. The first-order valence-corrected chi connectivity index (χ1v) is 11.5. The zero-order chi connectivity index (χ0) is 24.6. The summed E-state index contributed by atoms with van der Waals surface area (Å²) in [5, 5.41) is 2.89. The molecule has 0 unspecified atom stereocenters. The first kappa shape index (κ1) is 23.4. The van der Waals surface area contributed by atoms with Gasteiger partial charge >= 0.3 is 6.18 Å². The summed E-state index contributed by atoms with van der Waals surface area (Å²) >= 11 is 0. The number of hydrogen-bond acceptors (Lipinski definition) is 4. The van der Waals surface area contributed by atoms with Crippen LogP contribution >= 0.6 is 0 Å². The predicted octanol–water partition coefficient (Wildman–Crippen LogP) is 4.62. The second-order valence-electron chi connectivity index (χ2n) is 9.07. The van der Waals surface area contributed by atoms with Crippen LogP contribution in [0.2, 0.25) is 0 Å². The number of carbonyl (C=O) groups is 1. The molecule has 2 aliphatic heterocycles. The van der Waals surface area contributed by atoms with Crippen LogP contribution in [0.1, 0.15) is 22.5 Å². The smallest absolute Gasteiger partial charge is 0.416 e. The Morgan fingerprint density at radius 2 is 1.89 bits per heavy atom. The number of halogens is 4. The number of hydrogen-bond donors (Lipinski definition) is 1. The molecule has 0 radical (unpaired) electrons. The molecule has 0 aliphatic carbocycles. The lowest BCUT2D eigenvalue weighted by molar-refractivity contribution is -0.137. The highest BCUT2D eigenvalue weighted by Gasteiger charge is 2.42. The average Bonchev–Trinajstić information content (AvgIpc) is 3.36. The van der Waals surface area contributed by atoms with Crippen LogP contribution in [-0.2, 0) is 30.5 Å². The Kier molecular flexibility index (Phi) is 6.27. The highest BCUT2D eigenvalue weighted by Crippen LogP contribution is 2.40. The van der Waals surface area contributed by atoms with Gasteiger partial charge in [0.15, 0.2) is 0 Å². The van der Waals surface area contributed by atoms with Gasteiger partial charge in [-0.15, -0.1) is 0 Å². The SMILES string of the molecule is O=C(NCc1ccco1)[C@H]1Cc2cc(C(F)(F)F)ccc2N2CCN(Cc3ccc(F)cc3)C[C@H]12. The number of nitrogens with one attached hydrogen (secondary N) is 1. The van der Waals surface area contributed by atoms with Gasteiger partial charge in [0.1, 0.15) is 11.6 Å².